The van der Waals surface area contributed by atoms with Gasteiger partial charge in [0.05, 0.1) is 11.4 Å². The van der Waals surface area contributed by atoms with Gasteiger partial charge >= 0.3 is 0 Å². The van der Waals surface area contributed by atoms with Crippen LogP contribution in [0, 0.1) is 6.92 Å². The van der Waals surface area contributed by atoms with Crippen LogP contribution in [0.5, 0.6) is 0 Å². The Labute approximate surface area is 222 Å². The summed E-state index contributed by atoms with van der Waals surface area (Å²) in [5, 5.41) is 0. The van der Waals surface area contributed by atoms with Crippen LogP contribution in [0.15, 0.2) is 90.5 Å². The maximum absolute atomic E-state index is 4.97. The molecule has 0 fully saturated rings. The number of hydrogen-bond acceptors (Lipinski definition) is 3. The van der Waals surface area contributed by atoms with Crippen molar-refractivity contribution in [2.24, 2.45) is 4.99 Å². The summed E-state index contributed by atoms with van der Waals surface area (Å²) in [6.45, 7) is 17.3. The summed E-state index contributed by atoms with van der Waals surface area (Å²) in [4.78, 5) is 14.0. The van der Waals surface area contributed by atoms with Gasteiger partial charge in [0.25, 0.3) is 0 Å². The highest BCUT2D eigenvalue weighted by Crippen LogP contribution is 2.29. The minimum absolute atomic E-state index is 0.773. The highest BCUT2D eigenvalue weighted by Gasteiger charge is 2.16. The molecule has 3 heterocycles. The Morgan fingerprint density at radius 2 is 1.95 bits per heavy atom. The molecule has 190 valence electrons. The first-order valence-corrected chi connectivity index (χ1v) is 13.0. The van der Waals surface area contributed by atoms with Gasteiger partial charge in [0.15, 0.2) is 12.7 Å². The number of hydrogen-bond donors (Lipinski definition) is 0. The van der Waals surface area contributed by atoms with Crippen molar-refractivity contribution < 1.29 is 4.58 Å². The zero-order valence-corrected chi connectivity index (χ0v) is 22.7. The second kappa shape index (κ2) is 14.0. The third kappa shape index (κ3) is 7.78. The van der Waals surface area contributed by atoms with E-state index in [1.165, 1.54) is 16.7 Å². The molecule has 3 rings (SSSR count). The fraction of sp³-hybridized carbons (Fsp3) is 0.273. The lowest BCUT2D eigenvalue weighted by Crippen LogP contribution is -2.09. The van der Waals surface area contributed by atoms with Crippen molar-refractivity contribution in [3.8, 4) is 11.3 Å². The second-order valence-corrected chi connectivity index (χ2v) is 9.25. The molecule has 4 nitrogen and oxygen atoms in total. The molecule has 0 N–H and O–H groups in total. The van der Waals surface area contributed by atoms with Crippen molar-refractivity contribution in [2.75, 3.05) is 6.54 Å². The predicted molar refractivity (Wildman–Crippen MR) is 160 cm³/mol. The summed E-state index contributed by atoms with van der Waals surface area (Å²) >= 11 is 0. The Bertz CT molecular complexity index is 1320. The number of nitrogens with zero attached hydrogens (tertiary/aromatic N) is 4. The van der Waals surface area contributed by atoms with E-state index in [2.05, 4.69) is 75.5 Å². The molecule has 0 saturated carbocycles. The van der Waals surface area contributed by atoms with Crippen molar-refractivity contribution in [1.29, 1.82) is 0 Å². The molecule has 0 amide bonds. The molecule has 0 aliphatic carbocycles. The number of pyridine rings is 2. The van der Waals surface area contributed by atoms with Crippen LogP contribution in [0.2, 0.25) is 0 Å². The second-order valence-electron chi connectivity index (χ2n) is 9.25. The molecule has 0 aromatic carbocycles. The van der Waals surface area contributed by atoms with E-state index in [0.29, 0.717) is 0 Å². The Morgan fingerprint density at radius 3 is 2.65 bits per heavy atom. The fourth-order valence-corrected chi connectivity index (χ4v) is 4.37. The Kier molecular flexibility index (Phi) is 10.5. The predicted octanol–water partition coefficient (Wildman–Crippen LogP) is 7.93. The molecular formula is C33H39N4+. The van der Waals surface area contributed by atoms with Crippen molar-refractivity contribution >= 4 is 24.1 Å². The van der Waals surface area contributed by atoms with E-state index in [9.17, 15) is 0 Å². The molecule has 0 spiro atoms. The van der Waals surface area contributed by atoms with Gasteiger partial charge in [-0.05, 0) is 75.8 Å². The van der Waals surface area contributed by atoms with Gasteiger partial charge in [-0.15, -0.1) is 0 Å². The largest absolute Gasteiger partial charge is 0.264 e. The van der Waals surface area contributed by atoms with Crippen LogP contribution in [0.4, 0.5) is 0 Å². The molecule has 0 atom stereocenters. The lowest BCUT2D eigenvalue weighted by molar-refractivity contribution is -0.433. The molecule has 1 aliphatic heterocycles. The topological polar surface area (TPSA) is 41.1 Å². The maximum atomic E-state index is 4.97. The van der Waals surface area contributed by atoms with E-state index in [-0.39, 0.29) is 0 Å². The molecule has 37 heavy (non-hydrogen) atoms. The fourth-order valence-electron chi connectivity index (χ4n) is 4.37. The summed E-state index contributed by atoms with van der Waals surface area (Å²) in [5.41, 5.74) is 9.80. The van der Waals surface area contributed by atoms with Crippen molar-refractivity contribution in [3.63, 3.8) is 0 Å². The molecule has 2 aromatic heterocycles. The van der Waals surface area contributed by atoms with Crippen LogP contribution in [-0.4, -0.2) is 34.0 Å². The monoisotopic (exact) mass is 491 g/mol. The first kappa shape index (κ1) is 27.7. The quantitative estimate of drug-likeness (QED) is 0.182. The van der Waals surface area contributed by atoms with Gasteiger partial charge in [-0.25, -0.2) is 4.58 Å². The molecule has 0 bridgehead atoms. The van der Waals surface area contributed by atoms with Crippen LogP contribution in [0.25, 0.3) is 22.4 Å². The lowest BCUT2D eigenvalue weighted by Gasteiger charge is -2.15. The average molecular weight is 492 g/mol. The highest BCUT2D eigenvalue weighted by atomic mass is 15.0. The zero-order valence-electron chi connectivity index (χ0n) is 22.7. The van der Waals surface area contributed by atoms with Crippen LogP contribution < -0.4 is 0 Å². The standard InChI is InChI=1S/C33H39N4/c1-7-10-13-27(9-3)14-11-15-28-20-30(29-16-12-18-37(6)24-29)22-36-33(28)31-19-25(4)32(35-23-31)26(5)21-34-17-8-2/h7-8,10,12-13,16-23H,5-6,9,11,14-15,24H2,1-4H3/q+1. The van der Waals surface area contributed by atoms with Crippen LogP contribution >= 0.6 is 0 Å². The average Bonchev–Trinajstić information content (AvgIpc) is 2.90. The van der Waals surface area contributed by atoms with Crippen molar-refractivity contribution in [1.82, 2.24) is 9.97 Å². The van der Waals surface area contributed by atoms with Gasteiger partial charge < -0.3 is 0 Å². The SMILES string of the molecule is C=C(C=NC=CC)c1ncc(-c2ncc(C3=CC=C[N+](=C)C3)cc2CCCC(=CC=CC)CC)cc1C. The number of aromatic nitrogens is 2. The zero-order chi connectivity index (χ0) is 26.6. The van der Waals surface area contributed by atoms with E-state index in [0.717, 1.165) is 65.9 Å². The van der Waals surface area contributed by atoms with Crippen LogP contribution in [0.1, 0.15) is 62.4 Å². The summed E-state index contributed by atoms with van der Waals surface area (Å²) in [7, 11) is 0. The van der Waals surface area contributed by atoms with Gasteiger partial charge in [0.1, 0.15) is 6.72 Å². The van der Waals surface area contributed by atoms with Crippen LogP contribution in [-0.2, 0) is 6.42 Å². The first-order chi connectivity index (χ1) is 18.0. The molecule has 1 aliphatic rings. The number of allylic oxidation sites excluding steroid dienone is 8. The summed E-state index contributed by atoms with van der Waals surface area (Å²) in [5.74, 6) is 0. The minimum Gasteiger partial charge on any atom is -0.264 e. The normalized spacial score (nSPS) is 14.3. The minimum atomic E-state index is 0.773. The van der Waals surface area contributed by atoms with E-state index in [1.54, 1.807) is 12.4 Å². The molecule has 0 saturated heterocycles. The Balaban J connectivity index is 1.94. The molecule has 0 radical (unpaired) electrons. The summed E-state index contributed by atoms with van der Waals surface area (Å²) < 4.78 is 1.95. The smallest absolute Gasteiger partial charge is 0.173 e. The molecule has 2 aromatic rings. The van der Waals surface area contributed by atoms with E-state index in [1.807, 2.05) is 42.2 Å². The Morgan fingerprint density at radius 1 is 1.14 bits per heavy atom. The molecule has 4 heteroatoms. The van der Waals surface area contributed by atoms with Gasteiger partial charge in [-0.2, -0.15) is 0 Å². The van der Waals surface area contributed by atoms with Gasteiger partial charge in [0.2, 0.25) is 0 Å². The lowest BCUT2D eigenvalue weighted by atomic mass is 9.95. The summed E-state index contributed by atoms with van der Waals surface area (Å²) in [6, 6.07) is 4.46. The maximum Gasteiger partial charge on any atom is 0.173 e. The third-order valence-corrected chi connectivity index (χ3v) is 6.35. The van der Waals surface area contributed by atoms with Crippen molar-refractivity contribution in [3.05, 3.63) is 108 Å². The number of rotatable bonds is 11. The Hall–Kier alpha value is -3.92. The summed E-state index contributed by atoms with van der Waals surface area (Å²) in [6.07, 6.45) is 26.1. The van der Waals surface area contributed by atoms with Gasteiger partial charge in [-0.3, -0.25) is 15.0 Å². The van der Waals surface area contributed by atoms with E-state index in [4.69, 9.17) is 9.97 Å². The third-order valence-electron chi connectivity index (χ3n) is 6.35. The highest BCUT2D eigenvalue weighted by molar-refractivity contribution is 6.08. The van der Waals surface area contributed by atoms with Crippen LogP contribution in [0.3, 0.4) is 0 Å². The molecular weight excluding hydrogens is 452 g/mol. The number of aryl methyl sites for hydroxylation is 2. The van der Waals surface area contributed by atoms with E-state index < -0.39 is 0 Å². The van der Waals surface area contributed by atoms with E-state index >= 15 is 0 Å². The van der Waals surface area contributed by atoms with Gasteiger partial charge in [-0.1, -0.05) is 43.4 Å². The van der Waals surface area contributed by atoms with Crippen molar-refractivity contribution in [2.45, 2.75) is 53.4 Å². The number of aliphatic imine (C=N–C) groups is 1. The first-order valence-electron chi connectivity index (χ1n) is 13.0. The van der Waals surface area contributed by atoms with Gasteiger partial charge in [0, 0.05) is 53.2 Å². The molecule has 0 unspecified atom stereocenters.